The molecule has 0 radical (unpaired) electrons. The van der Waals surface area contributed by atoms with E-state index in [1.165, 1.54) is 44.9 Å². The van der Waals surface area contributed by atoms with Gasteiger partial charge in [-0.2, -0.15) is 0 Å². The van der Waals surface area contributed by atoms with Gasteiger partial charge in [0.1, 0.15) is 6.54 Å². The van der Waals surface area contributed by atoms with E-state index in [9.17, 15) is 4.79 Å². The van der Waals surface area contributed by atoms with Gasteiger partial charge in [0.15, 0.2) is 5.82 Å². The molecule has 6 heteroatoms. The number of carbonyl (C=O) groups excluding carboxylic acids is 1. The first-order valence-corrected chi connectivity index (χ1v) is 8.18. The molecule has 0 amide bonds. The van der Waals surface area contributed by atoms with Crippen LogP contribution < -0.4 is 0 Å². The Kier molecular flexibility index (Phi) is 9.40. The lowest BCUT2D eigenvalue weighted by Gasteiger charge is -2.04. The lowest BCUT2D eigenvalue weighted by atomic mass is 10.1. The second-order valence-electron chi connectivity index (χ2n) is 5.28. The molecule has 0 N–H and O–H groups in total. The molecule has 0 atom stereocenters. The van der Waals surface area contributed by atoms with Gasteiger partial charge in [0.2, 0.25) is 0 Å². The summed E-state index contributed by atoms with van der Waals surface area (Å²) in [7, 11) is 0. The Bertz CT molecular complexity index is 393. The van der Waals surface area contributed by atoms with Crippen molar-refractivity contribution in [2.75, 3.05) is 6.61 Å². The summed E-state index contributed by atoms with van der Waals surface area (Å²) in [6.45, 7) is 4.51. The van der Waals surface area contributed by atoms with Crippen LogP contribution >= 0.6 is 0 Å². The molecule has 0 fully saturated rings. The molecule has 1 aromatic rings. The van der Waals surface area contributed by atoms with Crippen LogP contribution in [0.2, 0.25) is 0 Å². The number of ether oxygens (including phenoxy) is 1. The van der Waals surface area contributed by atoms with Gasteiger partial charge < -0.3 is 4.74 Å². The Morgan fingerprint density at radius 3 is 2.38 bits per heavy atom. The SMILES string of the molecule is CCCCCCCCCCc1nnnn1CC(=O)OCC. The molecular weight excluding hydrogens is 268 g/mol. The van der Waals surface area contributed by atoms with Crippen LogP contribution in [0, 0.1) is 0 Å². The fourth-order valence-corrected chi connectivity index (χ4v) is 2.27. The molecular formula is C15H28N4O2. The van der Waals surface area contributed by atoms with Gasteiger partial charge in [0, 0.05) is 6.42 Å². The van der Waals surface area contributed by atoms with Crippen molar-refractivity contribution in [3.63, 3.8) is 0 Å². The number of unbranched alkanes of at least 4 members (excludes halogenated alkanes) is 7. The van der Waals surface area contributed by atoms with E-state index in [4.69, 9.17) is 4.74 Å². The normalized spacial score (nSPS) is 10.8. The lowest BCUT2D eigenvalue weighted by molar-refractivity contribution is -0.144. The Hall–Kier alpha value is -1.46. The molecule has 0 aliphatic rings. The van der Waals surface area contributed by atoms with Crippen LogP contribution in [0.3, 0.4) is 0 Å². The van der Waals surface area contributed by atoms with Gasteiger partial charge in [0.05, 0.1) is 6.61 Å². The lowest BCUT2D eigenvalue weighted by Crippen LogP contribution is -2.16. The molecule has 0 aliphatic heterocycles. The highest BCUT2D eigenvalue weighted by Gasteiger charge is 2.10. The van der Waals surface area contributed by atoms with Crippen LogP contribution in [0.15, 0.2) is 0 Å². The van der Waals surface area contributed by atoms with E-state index in [-0.39, 0.29) is 12.5 Å². The second kappa shape index (κ2) is 11.2. The number of aryl methyl sites for hydroxylation is 1. The van der Waals surface area contributed by atoms with Gasteiger partial charge >= 0.3 is 5.97 Å². The third-order valence-corrected chi connectivity index (χ3v) is 3.44. The predicted molar refractivity (Wildman–Crippen MR) is 80.8 cm³/mol. The topological polar surface area (TPSA) is 69.9 Å². The molecule has 1 heterocycles. The third kappa shape index (κ3) is 7.78. The Morgan fingerprint density at radius 2 is 1.71 bits per heavy atom. The van der Waals surface area contributed by atoms with Crippen LogP contribution in [0.5, 0.6) is 0 Å². The van der Waals surface area contributed by atoms with E-state index in [0.717, 1.165) is 18.7 Å². The average Bonchev–Trinajstić information content (AvgIpc) is 2.89. The number of rotatable bonds is 12. The smallest absolute Gasteiger partial charge is 0.327 e. The average molecular weight is 296 g/mol. The highest BCUT2D eigenvalue weighted by molar-refractivity contribution is 5.68. The number of hydrogen-bond acceptors (Lipinski definition) is 5. The van der Waals surface area contributed by atoms with Crippen LogP contribution in [-0.4, -0.2) is 32.8 Å². The molecule has 1 aromatic heterocycles. The van der Waals surface area contributed by atoms with Crippen LogP contribution in [0.1, 0.15) is 71.0 Å². The van der Waals surface area contributed by atoms with Crippen molar-refractivity contribution in [2.24, 2.45) is 0 Å². The Balaban J connectivity index is 2.15. The van der Waals surface area contributed by atoms with Gasteiger partial charge in [0.25, 0.3) is 0 Å². The van der Waals surface area contributed by atoms with E-state index >= 15 is 0 Å². The summed E-state index contributed by atoms with van der Waals surface area (Å²) in [5.41, 5.74) is 0. The summed E-state index contributed by atoms with van der Waals surface area (Å²) in [4.78, 5) is 11.4. The summed E-state index contributed by atoms with van der Waals surface area (Å²) in [6, 6.07) is 0. The van der Waals surface area contributed by atoms with Crippen LogP contribution in [0.4, 0.5) is 0 Å². The minimum absolute atomic E-state index is 0.104. The number of tetrazole rings is 1. The van der Waals surface area contributed by atoms with Crippen molar-refractivity contribution in [1.82, 2.24) is 20.2 Å². The van der Waals surface area contributed by atoms with Gasteiger partial charge in [-0.05, 0) is 23.8 Å². The number of hydrogen-bond donors (Lipinski definition) is 0. The number of esters is 1. The highest BCUT2D eigenvalue weighted by atomic mass is 16.5. The molecule has 21 heavy (non-hydrogen) atoms. The summed E-state index contributed by atoms with van der Waals surface area (Å²) in [5, 5.41) is 11.5. The van der Waals surface area contributed by atoms with Gasteiger partial charge in [-0.15, -0.1) is 5.10 Å². The molecule has 1 rings (SSSR count). The van der Waals surface area contributed by atoms with E-state index in [1.807, 2.05) is 0 Å². The largest absolute Gasteiger partial charge is 0.465 e. The predicted octanol–water partition coefficient (Wildman–Crippen LogP) is 2.92. The molecule has 0 aliphatic carbocycles. The maximum atomic E-state index is 11.4. The fourth-order valence-electron chi connectivity index (χ4n) is 2.27. The zero-order chi connectivity index (χ0) is 15.3. The number of aromatic nitrogens is 4. The second-order valence-corrected chi connectivity index (χ2v) is 5.28. The first-order valence-electron chi connectivity index (χ1n) is 8.18. The summed E-state index contributed by atoms with van der Waals surface area (Å²) in [5.74, 6) is 0.482. The number of carbonyl (C=O) groups is 1. The molecule has 0 spiro atoms. The highest BCUT2D eigenvalue weighted by Crippen LogP contribution is 2.10. The van der Waals surface area contributed by atoms with E-state index in [2.05, 4.69) is 22.4 Å². The van der Waals surface area contributed by atoms with E-state index < -0.39 is 0 Å². The summed E-state index contributed by atoms with van der Waals surface area (Å²) in [6.07, 6.45) is 11.0. The Morgan fingerprint density at radius 1 is 1.05 bits per heavy atom. The summed E-state index contributed by atoms with van der Waals surface area (Å²) < 4.78 is 6.45. The zero-order valence-electron chi connectivity index (χ0n) is 13.4. The maximum absolute atomic E-state index is 11.4. The van der Waals surface area contributed by atoms with E-state index in [1.54, 1.807) is 11.6 Å². The third-order valence-electron chi connectivity index (χ3n) is 3.44. The molecule has 0 unspecified atom stereocenters. The van der Waals surface area contributed by atoms with Crippen molar-refractivity contribution in [3.05, 3.63) is 5.82 Å². The van der Waals surface area contributed by atoms with Crippen molar-refractivity contribution in [2.45, 2.75) is 78.2 Å². The zero-order valence-corrected chi connectivity index (χ0v) is 13.4. The van der Waals surface area contributed by atoms with Crippen molar-refractivity contribution < 1.29 is 9.53 Å². The van der Waals surface area contributed by atoms with Crippen molar-refractivity contribution in [3.8, 4) is 0 Å². The summed E-state index contributed by atoms with van der Waals surface area (Å²) >= 11 is 0. The molecule has 0 saturated carbocycles. The van der Waals surface area contributed by atoms with Gasteiger partial charge in [-0.3, -0.25) is 4.79 Å². The first-order chi connectivity index (χ1) is 10.3. The Labute approximate surface area is 127 Å². The molecule has 0 saturated heterocycles. The minimum atomic E-state index is -0.290. The van der Waals surface area contributed by atoms with Gasteiger partial charge in [-0.1, -0.05) is 51.9 Å². The van der Waals surface area contributed by atoms with Gasteiger partial charge in [-0.25, -0.2) is 4.68 Å². The number of nitrogens with zero attached hydrogens (tertiary/aromatic N) is 4. The quantitative estimate of drug-likeness (QED) is 0.438. The van der Waals surface area contributed by atoms with Crippen molar-refractivity contribution in [1.29, 1.82) is 0 Å². The molecule has 0 aromatic carbocycles. The van der Waals surface area contributed by atoms with Crippen LogP contribution in [0.25, 0.3) is 0 Å². The van der Waals surface area contributed by atoms with Crippen LogP contribution in [-0.2, 0) is 22.5 Å². The standard InChI is InChI=1S/C15H28N4O2/c1-3-5-6-7-8-9-10-11-12-14-16-17-18-19(14)13-15(20)21-4-2/h3-13H2,1-2H3. The first kappa shape index (κ1) is 17.6. The monoisotopic (exact) mass is 296 g/mol. The molecule has 120 valence electrons. The maximum Gasteiger partial charge on any atom is 0.327 e. The fraction of sp³-hybridized carbons (Fsp3) is 0.867. The molecule has 0 bridgehead atoms. The van der Waals surface area contributed by atoms with Crippen molar-refractivity contribution >= 4 is 5.97 Å². The van der Waals surface area contributed by atoms with E-state index in [0.29, 0.717) is 6.61 Å². The minimum Gasteiger partial charge on any atom is -0.465 e. The molecule has 6 nitrogen and oxygen atoms in total.